The molecule has 2 aromatic carbocycles. The van der Waals surface area contributed by atoms with Crippen LogP contribution in [-0.4, -0.2) is 56.3 Å². The minimum absolute atomic E-state index is 0.143. The van der Waals surface area contributed by atoms with Crippen LogP contribution in [0.1, 0.15) is 18.9 Å². The third-order valence-corrected chi connectivity index (χ3v) is 7.45. The Morgan fingerprint density at radius 1 is 1.07 bits per heavy atom. The van der Waals surface area contributed by atoms with E-state index in [1.807, 2.05) is 24.3 Å². The van der Waals surface area contributed by atoms with E-state index in [2.05, 4.69) is 33.1 Å². The normalized spacial score (nSPS) is 15.9. The molecule has 1 heterocycles. The highest BCUT2D eigenvalue weighted by Gasteiger charge is 2.28. The van der Waals surface area contributed by atoms with Gasteiger partial charge in [0.25, 0.3) is 0 Å². The number of nitrogens with one attached hydrogen (secondary N) is 1. The Hall–Kier alpha value is -1.74. The van der Waals surface area contributed by atoms with Crippen molar-refractivity contribution >= 4 is 37.5 Å². The van der Waals surface area contributed by atoms with Crippen LogP contribution in [0.3, 0.4) is 0 Å². The summed E-state index contributed by atoms with van der Waals surface area (Å²) in [6.45, 7) is 5.45. The number of benzene rings is 2. The molecule has 1 saturated heterocycles. The van der Waals surface area contributed by atoms with E-state index in [1.165, 1.54) is 4.31 Å². The number of aryl methyl sites for hydroxylation is 1. The summed E-state index contributed by atoms with van der Waals surface area (Å²) in [4.78, 5) is 14.8. The van der Waals surface area contributed by atoms with Crippen LogP contribution >= 0.6 is 15.9 Å². The molecule has 1 aliphatic heterocycles. The van der Waals surface area contributed by atoms with Crippen molar-refractivity contribution in [2.45, 2.75) is 24.7 Å². The number of amides is 1. The molecule has 1 fully saturated rings. The number of sulfonamides is 1. The maximum Gasteiger partial charge on any atom is 0.243 e. The second kappa shape index (κ2) is 9.84. The van der Waals surface area contributed by atoms with Crippen LogP contribution in [0.25, 0.3) is 0 Å². The number of carbonyl (C=O) groups excluding carboxylic acids is 1. The van der Waals surface area contributed by atoms with Gasteiger partial charge in [-0.3, -0.25) is 4.79 Å². The molecule has 0 spiro atoms. The van der Waals surface area contributed by atoms with E-state index in [0.717, 1.165) is 29.7 Å². The van der Waals surface area contributed by atoms with Crippen molar-refractivity contribution in [2.75, 3.05) is 38.0 Å². The molecule has 1 aliphatic rings. The van der Waals surface area contributed by atoms with E-state index < -0.39 is 10.0 Å². The van der Waals surface area contributed by atoms with Gasteiger partial charge in [-0.15, -0.1) is 0 Å². The summed E-state index contributed by atoms with van der Waals surface area (Å²) >= 11 is 3.43. The Balaban J connectivity index is 1.62. The highest BCUT2D eigenvalue weighted by atomic mass is 79.9. The van der Waals surface area contributed by atoms with Crippen molar-refractivity contribution in [1.29, 1.82) is 0 Å². The summed E-state index contributed by atoms with van der Waals surface area (Å²) in [5.41, 5.74) is 1.56. The lowest BCUT2D eigenvalue weighted by Crippen LogP contribution is -2.48. The van der Waals surface area contributed by atoms with Crippen LogP contribution in [0.5, 0.6) is 0 Å². The SMILES string of the molecule is CCN1CCN(S(=O)(=O)c2cccc(NC(=O)CCc3cccc(Br)c3)c2)CC1. The van der Waals surface area contributed by atoms with Crippen LogP contribution in [0.15, 0.2) is 57.9 Å². The van der Waals surface area contributed by atoms with Crippen LogP contribution < -0.4 is 5.32 Å². The van der Waals surface area contributed by atoms with E-state index in [0.29, 0.717) is 31.6 Å². The first-order chi connectivity index (χ1) is 13.9. The quantitative estimate of drug-likeness (QED) is 0.660. The van der Waals surface area contributed by atoms with E-state index in [-0.39, 0.29) is 10.8 Å². The fourth-order valence-electron chi connectivity index (χ4n) is 3.34. The van der Waals surface area contributed by atoms with Gasteiger partial charge in [0.15, 0.2) is 0 Å². The van der Waals surface area contributed by atoms with Crippen molar-refractivity contribution in [3.63, 3.8) is 0 Å². The number of hydrogen-bond acceptors (Lipinski definition) is 4. The summed E-state index contributed by atoms with van der Waals surface area (Å²) in [6, 6.07) is 14.3. The Labute approximate surface area is 181 Å². The number of hydrogen-bond donors (Lipinski definition) is 1. The van der Waals surface area contributed by atoms with Crippen molar-refractivity contribution in [3.05, 3.63) is 58.6 Å². The molecule has 0 aromatic heterocycles. The van der Waals surface area contributed by atoms with Gasteiger partial charge in [-0.1, -0.05) is 41.1 Å². The van der Waals surface area contributed by atoms with Crippen molar-refractivity contribution < 1.29 is 13.2 Å². The first-order valence-electron chi connectivity index (χ1n) is 9.75. The standard InChI is InChI=1S/C21H26BrN3O3S/c1-2-24-11-13-25(14-12-24)29(27,28)20-8-4-7-19(16-20)23-21(26)10-9-17-5-3-6-18(22)15-17/h3-8,15-16H,2,9-14H2,1H3,(H,23,26). The summed E-state index contributed by atoms with van der Waals surface area (Å²) in [5.74, 6) is -0.143. The third kappa shape index (κ3) is 5.88. The van der Waals surface area contributed by atoms with Crippen molar-refractivity contribution in [3.8, 4) is 0 Å². The molecule has 156 valence electrons. The molecule has 2 aromatic rings. The first kappa shape index (κ1) is 22.0. The number of anilines is 1. The average molecular weight is 480 g/mol. The highest BCUT2D eigenvalue weighted by Crippen LogP contribution is 2.21. The maximum absolute atomic E-state index is 13.0. The smallest absolute Gasteiger partial charge is 0.243 e. The Bertz CT molecular complexity index is 957. The zero-order valence-corrected chi connectivity index (χ0v) is 18.9. The second-order valence-corrected chi connectivity index (χ2v) is 9.90. The van der Waals surface area contributed by atoms with Crippen molar-refractivity contribution in [1.82, 2.24) is 9.21 Å². The summed E-state index contributed by atoms with van der Waals surface area (Å²) in [6.07, 6.45) is 0.942. The second-order valence-electron chi connectivity index (χ2n) is 7.04. The molecule has 6 nitrogen and oxygen atoms in total. The molecule has 8 heteroatoms. The molecule has 3 rings (SSSR count). The fraction of sp³-hybridized carbons (Fsp3) is 0.381. The zero-order valence-electron chi connectivity index (χ0n) is 16.5. The van der Waals surface area contributed by atoms with E-state index in [9.17, 15) is 13.2 Å². The topological polar surface area (TPSA) is 69.7 Å². The van der Waals surface area contributed by atoms with Gasteiger partial charge in [0.05, 0.1) is 4.90 Å². The van der Waals surface area contributed by atoms with E-state index in [4.69, 9.17) is 0 Å². The van der Waals surface area contributed by atoms with Gasteiger partial charge in [-0.2, -0.15) is 4.31 Å². The predicted octanol–water partition coefficient (Wildman–Crippen LogP) is 3.35. The number of piperazine rings is 1. The molecular formula is C21H26BrN3O3S. The monoisotopic (exact) mass is 479 g/mol. The number of nitrogens with zero attached hydrogens (tertiary/aromatic N) is 2. The van der Waals surface area contributed by atoms with Gasteiger partial charge in [-0.25, -0.2) is 8.42 Å². The van der Waals surface area contributed by atoms with Gasteiger partial charge < -0.3 is 10.2 Å². The van der Waals surface area contributed by atoms with Gasteiger partial charge >= 0.3 is 0 Å². The average Bonchev–Trinajstić information content (AvgIpc) is 2.72. The molecule has 0 atom stereocenters. The van der Waals surface area contributed by atoms with Crippen LogP contribution in [-0.2, 0) is 21.2 Å². The first-order valence-corrected chi connectivity index (χ1v) is 12.0. The maximum atomic E-state index is 13.0. The van der Waals surface area contributed by atoms with Crippen molar-refractivity contribution in [2.24, 2.45) is 0 Å². The Morgan fingerprint density at radius 3 is 2.48 bits per heavy atom. The largest absolute Gasteiger partial charge is 0.326 e. The minimum Gasteiger partial charge on any atom is -0.326 e. The van der Waals surface area contributed by atoms with Gasteiger partial charge in [0, 0.05) is 42.8 Å². The molecular weight excluding hydrogens is 454 g/mol. The van der Waals surface area contributed by atoms with Crippen LogP contribution in [0, 0.1) is 0 Å². The van der Waals surface area contributed by atoms with Crippen LogP contribution in [0.2, 0.25) is 0 Å². The number of halogens is 1. The molecule has 0 unspecified atom stereocenters. The lowest BCUT2D eigenvalue weighted by atomic mass is 10.1. The van der Waals surface area contributed by atoms with Gasteiger partial charge in [0.2, 0.25) is 15.9 Å². The molecule has 29 heavy (non-hydrogen) atoms. The Kier molecular flexibility index (Phi) is 7.45. The molecule has 1 amide bonds. The molecule has 0 radical (unpaired) electrons. The fourth-order valence-corrected chi connectivity index (χ4v) is 5.26. The molecule has 0 aliphatic carbocycles. The van der Waals surface area contributed by atoms with E-state index in [1.54, 1.807) is 24.3 Å². The zero-order chi connectivity index (χ0) is 20.9. The number of carbonyl (C=O) groups is 1. The highest BCUT2D eigenvalue weighted by molar-refractivity contribution is 9.10. The van der Waals surface area contributed by atoms with E-state index >= 15 is 0 Å². The summed E-state index contributed by atoms with van der Waals surface area (Å²) in [7, 11) is -3.56. The number of rotatable bonds is 7. The molecule has 1 N–H and O–H groups in total. The van der Waals surface area contributed by atoms with Gasteiger partial charge in [-0.05, 0) is 48.9 Å². The predicted molar refractivity (Wildman–Crippen MR) is 118 cm³/mol. The summed E-state index contributed by atoms with van der Waals surface area (Å²) < 4.78 is 28.4. The molecule has 0 bridgehead atoms. The van der Waals surface area contributed by atoms with Gasteiger partial charge in [0.1, 0.15) is 0 Å². The summed E-state index contributed by atoms with van der Waals surface area (Å²) in [5, 5.41) is 2.82. The lowest BCUT2D eigenvalue weighted by Gasteiger charge is -2.33. The third-order valence-electron chi connectivity index (χ3n) is 5.06. The lowest BCUT2D eigenvalue weighted by molar-refractivity contribution is -0.116. The Morgan fingerprint density at radius 2 is 1.79 bits per heavy atom. The molecule has 0 saturated carbocycles. The number of likely N-dealkylation sites (N-methyl/N-ethyl adjacent to an activating group) is 1. The van der Waals surface area contributed by atoms with Crippen LogP contribution in [0.4, 0.5) is 5.69 Å². The minimum atomic E-state index is -3.56.